The highest BCUT2D eigenvalue weighted by atomic mass is 19.3. The van der Waals surface area contributed by atoms with Crippen molar-refractivity contribution in [1.82, 2.24) is 15.0 Å². The van der Waals surface area contributed by atoms with Gasteiger partial charge in [0.05, 0.1) is 23.8 Å². The molecule has 0 bridgehead atoms. The molecule has 1 saturated heterocycles. The highest BCUT2D eigenvalue weighted by Gasteiger charge is 2.39. The molecule has 12 heteroatoms. The first-order valence-corrected chi connectivity index (χ1v) is 9.23. The van der Waals surface area contributed by atoms with E-state index in [4.69, 9.17) is 10.5 Å². The Morgan fingerprint density at radius 3 is 2.66 bits per heavy atom. The Kier molecular flexibility index (Phi) is 5.50. The summed E-state index contributed by atoms with van der Waals surface area (Å²) in [7, 11) is 0. The van der Waals surface area contributed by atoms with Crippen LogP contribution >= 0.6 is 0 Å². The van der Waals surface area contributed by atoms with Crippen molar-refractivity contribution in [3.8, 4) is 17.4 Å². The molecule has 10 nitrogen and oxygen atoms in total. The van der Waals surface area contributed by atoms with Crippen LogP contribution in [0.25, 0.3) is 0 Å². The Hall–Kier alpha value is -4.35. The Morgan fingerprint density at radius 2 is 1.94 bits per heavy atom. The van der Waals surface area contributed by atoms with E-state index >= 15 is 0 Å². The summed E-state index contributed by atoms with van der Waals surface area (Å²) in [5.41, 5.74) is 6.63. The van der Waals surface area contributed by atoms with Gasteiger partial charge in [0.25, 0.3) is 5.91 Å². The molecule has 4 rings (SSSR count). The van der Waals surface area contributed by atoms with E-state index in [1.165, 1.54) is 24.5 Å². The molecule has 32 heavy (non-hydrogen) atoms. The van der Waals surface area contributed by atoms with Crippen LogP contribution in [0.15, 0.2) is 48.9 Å². The molecule has 0 radical (unpaired) electrons. The lowest BCUT2D eigenvalue weighted by molar-refractivity contribution is -0.115. The first-order valence-electron chi connectivity index (χ1n) is 9.23. The Bertz CT molecular complexity index is 1190. The van der Waals surface area contributed by atoms with Crippen LogP contribution in [-0.2, 0) is 4.79 Å². The third-order valence-corrected chi connectivity index (χ3v) is 4.48. The number of carbonyl (C=O) groups excluding carboxylic acids is 2. The molecule has 1 aliphatic heterocycles. The van der Waals surface area contributed by atoms with Crippen LogP contribution in [0, 0.1) is 6.92 Å². The molecule has 0 spiro atoms. The van der Waals surface area contributed by atoms with E-state index in [1.54, 1.807) is 25.1 Å². The van der Waals surface area contributed by atoms with E-state index in [9.17, 15) is 18.4 Å². The minimum absolute atomic E-state index is 0.0571. The summed E-state index contributed by atoms with van der Waals surface area (Å²) in [6.07, 6.45) is 3.82. The number of nitrogens with two attached hydrogens (primary N) is 1. The second-order valence-corrected chi connectivity index (χ2v) is 6.66. The van der Waals surface area contributed by atoms with Crippen molar-refractivity contribution < 1.29 is 27.8 Å². The molecular weight excluding hydrogens is 426 g/mol. The standard InChI is InChI=1S/C20H16F2N6O4/c1-11-6-13(31-16-4-5-25-19(23)26-16)2-3-15(11)28-17(29)10-27(20(28)30)12-7-14(9-24-8-12)32-18(21)22/h2-9,18H,10H2,1H3,(H2,23,25,26). The number of carbonyl (C=O) groups is 2. The van der Waals surface area contributed by atoms with Gasteiger partial charge in [-0.05, 0) is 30.7 Å². The molecule has 1 aliphatic rings. The van der Waals surface area contributed by atoms with Crippen molar-refractivity contribution in [2.75, 3.05) is 22.1 Å². The lowest BCUT2D eigenvalue weighted by Crippen LogP contribution is -2.33. The van der Waals surface area contributed by atoms with E-state index < -0.39 is 18.5 Å². The summed E-state index contributed by atoms with van der Waals surface area (Å²) in [4.78, 5) is 39.3. The second kappa shape index (κ2) is 8.41. The van der Waals surface area contributed by atoms with Gasteiger partial charge in [-0.3, -0.25) is 14.7 Å². The lowest BCUT2D eigenvalue weighted by atomic mass is 10.1. The number of pyridine rings is 1. The minimum atomic E-state index is -3.04. The predicted octanol–water partition coefficient (Wildman–Crippen LogP) is 3.13. The number of rotatable bonds is 6. The van der Waals surface area contributed by atoms with Gasteiger partial charge in [0.2, 0.25) is 11.8 Å². The monoisotopic (exact) mass is 442 g/mol. The number of imide groups is 1. The zero-order valence-corrected chi connectivity index (χ0v) is 16.6. The van der Waals surface area contributed by atoms with Crippen molar-refractivity contribution in [3.63, 3.8) is 0 Å². The summed E-state index contributed by atoms with van der Waals surface area (Å²) in [5.74, 6) is 0.000337. The zero-order chi connectivity index (χ0) is 22.8. The fraction of sp³-hybridized carbons (Fsp3) is 0.150. The van der Waals surface area contributed by atoms with Crippen LogP contribution in [0.1, 0.15) is 5.56 Å². The van der Waals surface area contributed by atoms with Crippen molar-refractivity contribution in [3.05, 3.63) is 54.5 Å². The SMILES string of the molecule is Cc1cc(Oc2ccnc(N)n2)ccc1N1C(=O)CN(c2cncc(OC(F)F)c2)C1=O. The van der Waals surface area contributed by atoms with Crippen molar-refractivity contribution in [2.45, 2.75) is 13.5 Å². The number of alkyl halides is 2. The van der Waals surface area contributed by atoms with Crippen molar-refractivity contribution in [1.29, 1.82) is 0 Å². The molecule has 0 atom stereocenters. The summed E-state index contributed by atoms with van der Waals surface area (Å²) < 4.78 is 34.9. The van der Waals surface area contributed by atoms with Crippen LogP contribution in [0.3, 0.4) is 0 Å². The first kappa shape index (κ1) is 20.9. The summed E-state index contributed by atoms with van der Waals surface area (Å²) in [6.45, 7) is -1.61. The van der Waals surface area contributed by atoms with E-state index in [1.807, 2.05) is 0 Å². The van der Waals surface area contributed by atoms with Gasteiger partial charge in [-0.25, -0.2) is 14.7 Å². The molecule has 3 amide bonds. The number of benzene rings is 1. The average Bonchev–Trinajstić information content (AvgIpc) is 3.02. The number of halogens is 2. The van der Waals surface area contributed by atoms with Crippen LogP contribution in [0.4, 0.5) is 30.9 Å². The predicted molar refractivity (Wildman–Crippen MR) is 109 cm³/mol. The number of aryl methyl sites for hydroxylation is 1. The van der Waals surface area contributed by atoms with Crippen LogP contribution < -0.4 is 25.0 Å². The molecule has 0 unspecified atom stereocenters. The summed E-state index contributed by atoms with van der Waals surface area (Å²) in [5, 5.41) is 0. The molecule has 1 fully saturated rings. The maximum Gasteiger partial charge on any atom is 0.387 e. The van der Waals surface area contributed by atoms with E-state index in [-0.39, 0.29) is 29.8 Å². The van der Waals surface area contributed by atoms with Gasteiger partial charge in [-0.1, -0.05) is 0 Å². The van der Waals surface area contributed by atoms with Gasteiger partial charge in [0, 0.05) is 18.3 Å². The lowest BCUT2D eigenvalue weighted by Gasteiger charge is -2.19. The molecule has 3 heterocycles. The molecule has 0 saturated carbocycles. The van der Waals surface area contributed by atoms with Crippen molar-refractivity contribution in [2.24, 2.45) is 0 Å². The average molecular weight is 442 g/mol. The van der Waals surface area contributed by atoms with Gasteiger partial charge in [-0.2, -0.15) is 13.8 Å². The molecule has 0 aliphatic carbocycles. The third kappa shape index (κ3) is 4.24. The highest BCUT2D eigenvalue weighted by molar-refractivity contribution is 6.27. The van der Waals surface area contributed by atoms with Crippen LogP contribution in [0.5, 0.6) is 17.4 Å². The number of urea groups is 1. The molecule has 2 N–H and O–H groups in total. The second-order valence-electron chi connectivity index (χ2n) is 6.66. The number of hydrogen-bond acceptors (Lipinski definition) is 8. The van der Waals surface area contributed by atoms with Crippen LogP contribution in [-0.4, -0.2) is 40.0 Å². The van der Waals surface area contributed by atoms with E-state index in [0.29, 0.717) is 17.0 Å². The summed E-state index contributed by atoms with van der Waals surface area (Å²) >= 11 is 0. The molecular formula is C20H16F2N6O4. The van der Waals surface area contributed by atoms with Crippen LogP contribution in [0.2, 0.25) is 0 Å². The smallest absolute Gasteiger partial charge is 0.387 e. The van der Waals surface area contributed by atoms with Gasteiger partial charge in [-0.15, -0.1) is 0 Å². The summed E-state index contributed by atoms with van der Waals surface area (Å²) in [6, 6.07) is 6.86. The number of amides is 3. The number of anilines is 3. The van der Waals surface area contributed by atoms with Gasteiger partial charge in [0.15, 0.2) is 0 Å². The topological polar surface area (TPSA) is 124 Å². The fourth-order valence-electron chi connectivity index (χ4n) is 3.14. The largest absolute Gasteiger partial charge is 0.439 e. The quantitative estimate of drug-likeness (QED) is 0.578. The minimum Gasteiger partial charge on any atom is -0.439 e. The zero-order valence-electron chi connectivity index (χ0n) is 16.6. The molecule has 1 aromatic carbocycles. The number of nitrogens with zero attached hydrogens (tertiary/aromatic N) is 5. The Labute approximate surface area is 180 Å². The molecule has 2 aromatic heterocycles. The highest BCUT2D eigenvalue weighted by Crippen LogP contribution is 2.32. The molecule has 3 aromatic rings. The van der Waals surface area contributed by atoms with Gasteiger partial charge in [0.1, 0.15) is 18.0 Å². The van der Waals surface area contributed by atoms with Gasteiger partial charge < -0.3 is 15.2 Å². The maximum absolute atomic E-state index is 13.0. The maximum atomic E-state index is 13.0. The Balaban J connectivity index is 1.56. The molecule has 164 valence electrons. The van der Waals surface area contributed by atoms with Gasteiger partial charge >= 0.3 is 12.6 Å². The number of ether oxygens (including phenoxy) is 2. The fourth-order valence-corrected chi connectivity index (χ4v) is 3.14. The van der Waals surface area contributed by atoms with E-state index in [0.717, 1.165) is 16.0 Å². The number of nitrogen functional groups attached to an aromatic ring is 1. The number of hydrogen-bond donors (Lipinski definition) is 1. The first-order chi connectivity index (χ1) is 15.3. The van der Waals surface area contributed by atoms with Crippen molar-refractivity contribution >= 4 is 29.3 Å². The normalized spacial score (nSPS) is 13.8. The third-order valence-electron chi connectivity index (χ3n) is 4.48. The van der Waals surface area contributed by atoms with E-state index in [2.05, 4.69) is 19.7 Å². The Morgan fingerprint density at radius 1 is 1.12 bits per heavy atom. The number of aromatic nitrogens is 3.